The average Bonchev–Trinajstić information content (AvgIpc) is 2.61. The summed E-state index contributed by atoms with van der Waals surface area (Å²) in [6.07, 6.45) is 0. The third kappa shape index (κ3) is 3.86. The van der Waals surface area contributed by atoms with Crippen LogP contribution in [0.15, 0.2) is 36.4 Å². The maximum Gasteiger partial charge on any atom is 0.328 e. The zero-order valence-electron chi connectivity index (χ0n) is 13.4. The topological polar surface area (TPSA) is 78.5 Å². The van der Waals surface area contributed by atoms with Gasteiger partial charge in [-0.15, -0.1) is 0 Å². The van der Waals surface area contributed by atoms with Crippen LogP contribution in [0.2, 0.25) is 10.0 Å². The van der Waals surface area contributed by atoms with Crippen LogP contribution < -0.4 is 15.5 Å². The third-order valence-electron chi connectivity index (χ3n) is 3.84. The molecule has 2 aromatic rings. The number of halogens is 4. The smallest absolute Gasteiger partial charge is 0.328 e. The average molecular weight is 414 g/mol. The van der Waals surface area contributed by atoms with Crippen molar-refractivity contribution >= 4 is 52.4 Å². The molecule has 0 aromatic heterocycles. The number of benzene rings is 2. The van der Waals surface area contributed by atoms with Gasteiger partial charge >= 0.3 is 6.03 Å². The van der Waals surface area contributed by atoms with E-state index in [0.29, 0.717) is 4.90 Å². The quantitative estimate of drug-likeness (QED) is 0.754. The number of hydrogen-bond acceptors (Lipinski definition) is 3. The summed E-state index contributed by atoms with van der Waals surface area (Å²) in [6.45, 7) is -0.245. The maximum atomic E-state index is 13.5. The van der Waals surface area contributed by atoms with Gasteiger partial charge in [0, 0.05) is 12.2 Å². The zero-order valence-corrected chi connectivity index (χ0v) is 14.9. The fourth-order valence-electron chi connectivity index (χ4n) is 2.49. The van der Waals surface area contributed by atoms with Gasteiger partial charge in [-0.05, 0) is 36.4 Å². The van der Waals surface area contributed by atoms with E-state index in [2.05, 4.69) is 10.6 Å². The van der Waals surface area contributed by atoms with Crippen LogP contribution in [-0.2, 0) is 9.59 Å². The lowest BCUT2D eigenvalue weighted by atomic mass is 10.0. The molecule has 0 spiro atoms. The molecule has 1 heterocycles. The summed E-state index contributed by atoms with van der Waals surface area (Å²) in [6, 6.07) is 6.14. The molecule has 1 aliphatic heterocycles. The summed E-state index contributed by atoms with van der Waals surface area (Å²) < 4.78 is 26.8. The number of nitrogens with zero attached hydrogens (tertiary/aromatic N) is 1. The highest BCUT2D eigenvalue weighted by molar-refractivity contribution is 6.31. The Morgan fingerprint density at radius 1 is 1.07 bits per heavy atom. The van der Waals surface area contributed by atoms with Crippen LogP contribution in [0.25, 0.3) is 0 Å². The van der Waals surface area contributed by atoms with Gasteiger partial charge in [-0.1, -0.05) is 23.2 Å². The second kappa shape index (κ2) is 7.50. The number of carbonyl (C=O) groups is 3. The van der Waals surface area contributed by atoms with Crippen molar-refractivity contribution in [2.45, 2.75) is 0 Å². The van der Waals surface area contributed by atoms with Crippen LogP contribution in [0, 0.1) is 17.6 Å². The molecule has 4 amide bonds. The lowest BCUT2D eigenvalue weighted by Gasteiger charge is -2.30. The molecule has 10 heteroatoms. The first-order valence-electron chi connectivity index (χ1n) is 7.60. The van der Waals surface area contributed by atoms with Gasteiger partial charge in [-0.2, -0.15) is 0 Å². The molecule has 2 aromatic carbocycles. The Balaban J connectivity index is 1.82. The van der Waals surface area contributed by atoms with Crippen molar-refractivity contribution in [1.29, 1.82) is 0 Å². The number of rotatable bonds is 3. The summed E-state index contributed by atoms with van der Waals surface area (Å²) in [5, 5.41) is 4.40. The molecule has 1 aliphatic rings. The van der Waals surface area contributed by atoms with E-state index in [1.807, 2.05) is 0 Å². The number of carbonyl (C=O) groups excluding carboxylic acids is 3. The van der Waals surface area contributed by atoms with Crippen LogP contribution in [0.3, 0.4) is 0 Å². The Labute approximate surface area is 162 Å². The van der Waals surface area contributed by atoms with E-state index in [9.17, 15) is 23.2 Å². The second-order valence-electron chi connectivity index (χ2n) is 5.63. The van der Waals surface area contributed by atoms with E-state index >= 15 is 0 Å². The summed E-state index contributed by atoms with van der Waals surface area (Å²) in [4.78, 5) is 37.9. The lowest BCUT2D eigenvalue weighted by molar-refractivity contribution is -0.130. The first kappa shape index (κ1) is 19.1. The van der Waals surface area contributed by atoms with Crippen LogP contribution in [0.4, 0.5) is 25.0 Å². The second-order valence-corrected chi connectivity index (χ2v) is 6.44. The minimum atomic E-state index is -1.27. The number of amides is 4. The first-order chi connectivity index (χ1) is 12.8. The van der Waals surface area contributed by atoms with Crippen molar-refractivity contribution in [2.24, 2.45) is 5.92 Å². The largest absolute Gasteiger partial charge is 0.336 e. The third-order valence-corrected chi connectivity index (χ3v) is 4.44. The van der Waals surface area contributed by atoms with Crippen molar-refractivity contribution in [1.82, 2.24) is 5.32 Å². The predicted molar refractivity (Wildman–Crippen MR) is 95.8 cm³/mol. The van der Waals surface area contributed by atoms with E-state index in [1.54, 1.807) is 0 Å². The molecular weight excluding hydrogens is 403 g/mol. The van der Waals surface area contributed by atoms with Crippen molar-refractivity contribution in [3.8, 4) is 0 Å². The van der Waals surface area contributed by atoms with Crippen LogP contribution in [-0.4, -0.2) is 24.4 Å². The molecule has 1 saturated heterocycles. The molecule has 27 heavy (non-hydrogen) atoms. The number of anilines is 2. The van der Waals surface area contributed by atoms with Crippen molar-refractivity contribution in [2.75, 3.05) is 16.8 Å². The van der Waals surface area contributed by atoms with Crippen LogP contribution in [0.1, 0.15) is 0 Å². The molecule has 0 bridgehead atoms. The minimum absolute atomic E-state index is 0.0129. The van der Waals surface area contributed by atoms with E-state index < -0.39 is 35.4 Å². The molecule has 2 N–H and O–H groups in total. The standard InChI is InChI=1S/C17H11Cl2F2N3O3/c18-11-3-1-8(5-14(11)21)23-15(25)10-7-22-17(27)24(16(10)26)9-2-4-13(20)12(19)6-9/h1-6,10H,7H2,(H,22,27)(H,23,25). The summed E-state index contributed by atoms with van der Waals surface area (Å²) in [7, 11) is 0. The van der Waals surface area contributed by atoms with Gasteiger partial charge in [0.15, 0.2) is 0 Å². The lowest BCUT2D eigenvalue weighted by Crippen LogP contribution is -2.58. The van der Waals surface area contributed by atoms with E-state index in [0.717, 1.165) is 18.2 Å². The van der Waals surface area contributed by atoms with Crippen LogP contribution in [0.5, 0.6) is 0 Å². The number of urea groups is 1. The highest BCUT2D eigenvalue weighted by atomic mass is 35.5. The Hall–Kier alpha value is -2.71. The first-order valence-corrected chi connectivity index (χ1v) is 8.36. The fraction of sp³-hybridized carbons (Fsp3) is 0.118. The maximum absolute atomic E-state index is 13.5. The van der Waals surface area contributed by atoms with Crippen LogP contribution >= 0.6 is 23.2 Å². The molecule has 0 saturated carbocycles. The number of nitrogens with one attached hydrogen (secondary N) is 2. The van der Waals surface area contributed by atoms with Crippen molar-refractivity contribution < 1.29 is 23.2 Å². The summed E-state index contributed by atoms with van der Waals surface area (Å²) >= 11 is 11.3. The highest BCUT2D eigenvalue weighted by Crippen LogP contribution is 2.26. The molecule has 3 rings (SSSR count). The SMILES string of the molecule is O=C(Nc1ccc(Cl)c(F)c1)C1CNC(=O)N(c2ccc(F)c(Cl)c2)C1=O. The molecular formula is C17H11Cl2F2N3O3. The Morgan fingerprint density at radius 3 is 2.48 bits per heavy atom. The molecule has 140 valence electrons. The Morgan fingerprint density at radius 2 is 1.81 bits per heavy atom. The van der Waals surface area contributed by atoms with Gasteiger partial charge in [0.1, 0.15) is 17.6 Å². The predicted octanol–water partition coefficient (Wildman–Crippen LogP) is 3.58. The summed E-state index contributed by atoms with van der Waals surface area (Å²) in [5.74, 6) is -4.30. The van der Waals surface area contributed by atoms with Gasteiger partial charge in [-0.3, -0.25) is 9.59 Å². The molecule has 1 unspecified atom stereocenters. The van der Waals surface area contributed by atoms with Crippen molar-refractivity contribution in [3.05, 3.63) is 58.1 Å². The van der Waals surface area contributed by atoms with Gasteiger partial charge in [0.25, 0.3) is 0 Å². The monoisotopic (exact) mass is 413 g/mol. The van der Waals surface area contributed by atoms with Gasteiger partial charge in [-0.25, -0.2) is 18.5 Å². The Kier molecular flexibility index (Phi) is 5.29. The zero-order chi connectivity index (χ0) is 19.7. The summed E-state index contributed by atoms with van der Waals surface area (Å²) in [5.41, 5.74) is 0.113. The van der Waals surface area contributed by atoms with E-state index in [-0.39, 0.29) is 28.0 Å². The fourth-order valence-corrected chi connectivity index (χ4v) is 2.78. The normalized spacial score (nSPS) is 16.9. The highest BCUT2D eigenvalue weighted by Gasteiger charge is 2.39. The minimum Gasteiger partial charge on any atom is -0.336 e. The number of imide groups is 1. The molecule has 0 aliphatic carbocycles. The van der Waals surface area contributed by atoms with Gasteiger partial charge < -0.3 is 10.6 Å². The molecule has 1 fully saturated rings. The van der Waals surface area contributed by atoms with Crippen molar-refractivity contribution in [3.63, 3.8) is 0 Å². The van der Waals surface area contributed by atoms with Gasteiger partial charge in [0.05, 0.1) is 15.7 Å². The molecule has 0 radical (unpaired) electrons. The molecule has 6 nitrogen and oxygen atoms in total. The van der Waals surface area contributed by atoms with E-state index in [4.69, 9.17) is 23.2 Å². The van der Waals surface area contributed by atoms with Gasteiger partial charge in [0.2, 0.25) is 11.8 Å². The van der Waals surface area contributed by atoms with E-state index in [1.165, 1.54) is 18.2 Å². The molecule has 1 atom stereocenters. The number of hydrogen-bond donors (Lipinski definition) is 2. The Bertz CT molecular complexity index is 955.